The van der Waals surface area contributed by atoms with E-state index in [1.807, 2.05) is 0 Å². The van der Waals surface area contributed by atoms with Crippen LogP contribution in [0.25, 0.3) is 0 Å². The summed E-state index contributed by atoms with van der Waals surface area (Å²) in [6, 6.07) is 0. The van der Waals surface area contributed by atoms with Gasteiger partial charge in [0.2, 0.25) is 0 Å². The number of rotatable bonds is 2. The maximum atomic E-state index is 11.7. The second kappa shape index (κ2) is 2.84. The maximum Gasteiger partial charge on any atom is 0.315 e. The van der Waals surface area contributed by atoms with Gasteiger partial charge >= 0.3 is 11.9 Å². The number of esters is 1. The lowest BCUT2D eigenvalue weighted by Crippen LogP contribution is -2.29. The zero-order valence-electron chi connectivity index (χ0n) is 8.71. The van der Waals surface area contributed by atoms with Crippen molar-refractivity contribution in [1.82, 2.24) is 0 Å². The van der Waals surface area contributed by atoms with E-state index >= 15 is 0 Å². The van der Waals surface area contributed by atoms with Crippen LogP contribution >= 0.6 is 0 Å². The molecule has 1 N–H and O–H groups in total. The second-order valence-electron chi connectivity index (χ2n) is 4.44. The van der Waals surface area contributed by atoms with E-state index in [2.05, 4.69) is 6.58 Å². The Labute approximate surface area is 87.9 Å². The normalized spacial score (nSPS) is 38.1. The molecule has 15 heavy (non-hydrogen) atoms. The first-order valence-electron chi connectivity index (χ1n) is 5.01. The molecular formula is C11H14O4. The van der Waals surface area contributed by atoms with Gasteiger partial charge in [-0.1, -0.05) is 6.58 Å². The van der Waals surface area contributed by atoms with Gasteiger partial charge in [0.15, 0.2) is 0 Å². The van der Waals surface area contributed by atoms with Crippen molar-refractivity contribution in [2.75, 3.05) is 7.11 Å². The molecule has 0 aromatic heterocycles. The van der Waals surface area contributed by atoms with Gasteiger partial charge in [0.25, 0.3) is 0 Å². The standard InChI is InChI=1S/C11H14O4/c1-7-10(8(12)13)3-5-11(7,6-4-10)9(14)15-2/h1,3-6H2,2H3,(H,12,13). The second-order valence-corrected chi connectivity index (χ2v) is 4.44. The molecule has 0 atom stereocenters. The molecule has 0 radical (unpaired) electrons. The van der Waals surface area contributed by atoms with E-state index in [0.717, 1.165) is 0 Å². The van der Waals surface area contributed by atoms with Gasteiger partial charge in [0.1, 0.15) is 0 Å². The topological polar surface area (TPSA) is 63.6 Å². The summed E-state index contributed by atoms with van der Waals surface area (Å²) in [4.78, 5) is 22.9. The molecular weight excluding hydrogens is 196 g/mol. The van der Waals surface area contributed by atoms with Crippen molar-refractivity contribution < 1.29 is 19.4 Å². The van der Waals surface area contributed by atoms with Crippen molar-refractivity contribution in [3.63, 3.8) is 0 Å². The molecule has 0 aromatic carbocycles. The number of carboxylic acid groups (broad SMARTS) is 1. The van der Waals surface area contributed by atoms with Gasteiger partial charge in [0.05, 0.1) is 17.9 Å². The molecule has 0 aliphatic heterocycles. The minimum atomic E-state index is -0.867. The molecule has 0 saturated heterocycles. The molecule has 0 spiro atoms. The Morgan fingerprint density at radius 2 is 1.73 bits per heavy atom. The first kappa shape index (κ1) is 10.2. The summed E-state index contributed by atoms with van der Waals surface area (Å²) in [7, 11) is 1.34. The number of carboxylic acids is 1. The number of ether oxygens (including phenoxy) is 1. The summed E-state index contributed by atoms with van der Waals surface area (Å²) >= 11 is 0. The Bertz CT molecular complexity index is 348. The van der Waals surface area contributed by atoms with Crippen molar-refractivity contribution >= 4 is 11.9 Å². The number of methoxy groups -OCH3 is 1. The number of hydrogen-bond acceptors (Lipinski definition) is 3. The lowest BCUT2D eigenvalue weighted by Gasteiger charge is -2.23. The van der Waals surface area contributed by atoms with Gasteiger partial charge in [-0.05, 0) is 31.3 Å². The highest BCUT2D eigenvalue weighted by atomic mass is 16.5. The van der Waals surface area contributed by atoms with Crippen LogP contribution in [0.15, 0.2) is 12.2 Å². The molecule has 0 unspecified atom stereocenters. The highest BCUT2D eigenvalue weighted by Gasteiger charge is 2.65. The molecule has 2 rings (SSSR count). The van der Waals surface area contributed by atoms with Crippen molar-refractivity contribution in [3.05, 3.63) is 12.2 Å². The lowest BCUT2D eigenvalue weighted by atomic mass is 9.82. The average molecular weight is 210 g/mol. The molecule has 2 fully saturated rings. The minimum Gasteiger partial charge on any atom is -0.481 e. The molecule has 2 aliphatic carbocycles. The zero-order valence-corrected chi connectivity index (χ0v) is 8.71. The lowest BCUT2D eigenvalue weighted by molar-refractivity contribution is -0.150. The smallest absolute Gasteiger partial charge is 0.315 e. The Morgan fingerprint density at radius 1 is 1.27 bits per heavy atom. The minimum absolute atomic E-state index is 0.326. The van der Waals surface area contributed by atoms with E-state index in [9.17, 15) is 14.7 Å². The van der Waals surface area contributed by atoms with Crippen molar-refractivity contribution in [3.8, 4) is 0 Å². The van der Waals surface area contributed by atoms with Crippen molar-refractivity contribution in [2.45, 2.75) is 25.7 Å². The summed E-state index contributed by atoms with van der Waals surface area (Å²) < 4.78 is 4.76. The third-order valence-corrected chi connectivity index (χ3v) is 4.10. The van der Waals surface area contributed by atoms with Gasteiger partial charge < -0.3 is 9.84 Å². The van der Waals surface area contributed by atoms with E-state index in [0.29, 0.717) is 31.3 Å². The van der Waals surface area contributed by atoms with Crippen LogP contribution in [0.4, 0.5) is 0 Å². The molecule has 4 heteroatoms. The first-order valence-corrected chi connectivity index (χ1v) is 5.01. The predicted octanol–water partition coefficient (Wildman–Crippen LogP) is 1.36. The highest BCUT2D eigenvalue weighted by Crippen LogP contribution is 2.65. The van der Waals surface area contributed by atoms with Crippen LogP contribution in [0, 0.1) is 10.8 Å². The van der Waals surface area contributed by atoms with Crippen LogP contribution in [0.5, 0.6) is 0 Å². The summed E-state index contributed by atoms with van der Waals surface area (Å²) in [6.07, 6.45) is 2.14. The van der Waals surface area contributed by atoms with E-state index in [1.165, 1.54) is 7.11 Å². The van der Waals surface area contributed by atoms with Crippen LogP contribution < -0.4 is 0 Å². The quantitative estimate of drug-likeness (QED) is 0.552. The Hall–Kier alpha value is -1.32. The number of aliphatic carboxylic acids is 1. The molecule has 0 amide bonds. The molecule has 82 valence electrons. The van der Waals surface area contributed by atoms with E-state index in [4.69, 9.17) is 4.74 Å². The number of carbonyl (C=O) groups is 2. The van der Waals surface area contributed by atoms with Crippen LogP contribution in [0.1, 0.15) is 25.7 Å². The molecule has 0 aromatic rings. The third kappa shape index (κ3) is 0.967. The van der Waals surface area contributed by atoms with E-state index < -0.39 is 16.8 Å². The third-order valence-electron chi connectivity index (χ3n) is 4.10. The predicted molar refractivity (Wildman–Crippen MR) is 52.1 cm³/mol. The fourth-order valence-corrected chi connectivity index (χ4v) is 3.03. The summed E-state index contributed by atoms with van der Waals surface area (Å²) in [6.45, 7) is 3.83. The van der Waals surface area contributed by atoms with E-state index in [1.54, 1.807) is 0 Å². The largest absolute Gasteiger partial charge is 0.481 e. The van der Waals surface area contributed by atoms with Crippen LogP contribution in [-0.4, -0.2) is 24.2 Å². The Balaban J connectivity index is 2.41. The molecule has 2 saturated carbocycles. The Kier molecular flexibility index (Phi) is 1.93. The number of fused-ring (bicyclic) bond motifs is 2. The van der Waals surface area contributed by atoms with Crippen LogP contribution in [-0.2, 0) is 14.3 Å². The fraction of sp³-hybridized carbons (Fsp3) is 0.636. The number of hydrogen-bond donors (Lipinski definition) is 1. The first-order chi connectivity index (χ1) is 6.99. The molecule has 2 bridgehead atoms. The summed E-state index contributed by atoms with van der Waals surface area (Å²) in [5.41, 5.74) is -1.03. The van der Waals surface area contributed by atoms with Crippen LogP contribution in [0.3, 0.4) is 0 Å². The van der Waals surface area contributed by atoms with Gasteiger partial charge in [0, 0.05) is 0 Å². The summed E-state index contributed by atoms with van der Waals surface area (Å²) in [5, 5.41) is 9.22. The van der Waals surface area contributed by atoms with Gasteiger partial charge in [-0.25, -0.2) is 0 Å². The van der Waals surface area contributed by atoms with E-state index in [-0.39, 0.29) is 5.97 Å². The van der Waals surface area contributed by atoms with Gasteiger partial charge in [-0.3, -0.25) is 9.59 Å². The van der Waals surface area contributed by atoms with Crippen molar-refractivity contribution in [2.24, 2.45) is 10.8 Å². The zero-order chi connectivity index (χ0) is 11.3. The van der Waals surface area contributed by atoms with Crippen LogP contribution in [0.2, 0.25) is 0 Å². The monoisotopic (exact) mass is 210 g/mol. The molecule has 4 nitrogen and oxygen atoms in total. The van der Waals surface area contributed by atoms with Gasteiger partial charge in [-0.15, -0.1) is 0 Å². The summed E-state index contributed by atoms with van der Waals surface area (Å²) in [5.74, 6) is -1.18. The maximum absolute atomic E-state index is 11.7. The SMILES string of the molecule is C=C1C2(C(=O)O)CCC1(C(=O)OC)CC2. The van der Waals surface area contributed by atoms with Gasteiger partial charge in [-0.2, -0.15) is 0 Å². The molecule has 2 aliphatic rings. The Morgan fingerprint density at radius 3 is 2.07 bits per heavy atom. The fourth-order valence-electron chi connectivity index (χ4n) is 3.03. The molecule has 0 heterocycles. The average Bonchev–Trinajstić information content (AvgIpc) is 2.69. The van der Waals surface area contributed by atoms with Crippen molar-refractivity contribution in [1.29, 1.82) is 0 Å². The number of carbonyl (C=O) groups excluding carboxylic acids is 1. The highest BCUT2D eigenvalue weighted by molar-refractivity contribution is 5.90.